The first-order valence-corrected chi connectivity index (χ1v) is 12.0. The van der Waals surface area contributed by atoms with Gasteiger partial charge in [0.15, 0.2) is 5.78 Å². The highest BCUT2D eigenvalue weighted by atomic mass is 79.9. The average Bonchev–Trinajstić information content (AvgIpc) is 3.16. The van der Waals surface area contributed by atoms with Gasteiger partial charge in [-0.25, -0.2) is 4.98 Å². The lowest BCUT2D eigenvalue weighted by Gasteiger charge is -2.37. The molecule has 0 amide bonds. The molecule has 0 radical (unpaired) electrons. The van der Waals surface area contributed by atoms with E-state index in [0.717, 1.165) is 32.6 Å². The zero-order valence-corrected chi connectivity index (χ0v) is 20.0. The highest BCUT2D eigenvalue weighted by Gasteiger charge is 2.35. The molecular formula is C27H19BrF3N3O. The third-order valence-electron chi connectivity index (χ3n) is 6.71. The van der Waals surface area contributed by atoms with E-state index >= 15 is 0 Å². The predicted molar refractivity (Wildman–Crippen MR) is 134 cm³/mol. The number of aromatic nitrogens is 1. The van der Waals surface area contributed by atoms with Crippen LogP contribution in [0.1, 0.15) is 21.5 Å². The van der Waals surface area contributed by atoms with Gasteiger partial charge in [-0.05, 0) is 42.0 Å². The summed E-state index contributed by atoms with van der Waals surface area (Å²) in [5.41, 5.74) is 3.76. The molecule has 0 N–H and O–H groups in total. The largest absolute Gasteiger partial charge is 0.416 e. The molecule has 1 saturated heterocycles. The molecule has 35 heavy (non-hydrogen) atoms. The molecule has 8 heteroatoms. The molecule has 3 aromatic carbocycles. The third-order valence-corrected chi connectivity index (χ3v) is 7.21. The Balaban J connectivity index is 1.38. The second-order valence-corrected chi connectivity index (χ2v) is 9.66. The fraction of sp³-hybridized carbons (Fsp3) is 0.185. The first kappa shape index (κ1) is 22.1. The summed E-state index contributed by atoms with van der Waals surface area (Å²) in [6.45, 7) is 2.14. The van der Waals surface area contributed by atoms with Gasteiger partial charge in [0.05, 0.1) is 16.6 Å². The second kappa shape index (κ2) is 8.09. The van der Waals surface area contributed by atoms with E-state index in [4.69, 9.17) is 4.98 Å². The summed E-state index contributed by atoms with van der Waals surface area (Å²) in [6.07, 6.45) is -4.38. The Bertz CT molecular complexity index is 1490. The van der Waals surface area contributed by atoms with Crippen LogP contribution in [0.15, 0.2) is 71.2 Å². The lowest BCUT2D eigenvalue weighted by molar-refractivity contribution is -0.137. The highest BCUT2D eigenvalue weighted by molar-refractivity contribution is 9.10. The van der Waals surface area contributed by atoms with Gasteiger partial charge in [-0.1, -0.05) is 46.3 Å². The monoisotopic (exact) mass is 537 g/mol. The maximum Gasteiger partial charge on any atom is 0.416 e. The number of rotatable bonds is 2. The van der Waals surface area contributed by atoms with Gasteiger partial charge in [0.25, 0.3) is 0 Å². The number of carbonyl (C=O) groups excluding carboxylic acids is 1. The summed E-state index contributed by atoms with van der Waals surface area (Å²) in [7, 11) is 0. The van der Waals surface area contributed by atoms with Crippen LogP contribution in [0.3, 0.4) is 0 Å². The Morgan fingerprint density at radius 1 is 0.800 bits per heavy atom. The van der Waals surface area contributed by atoms with Crippen molar-refractivity contribution >= 4 is 44.1 Å². The molecule has 0 bridgehead atoms. The number of piperazine rings is 1. The Morgan fingerprint density at radius 3 is 2.26 bits per heavy atom. The van der Waals surface area contributed by atoms with Crippen LogP contribution in [-0.4, -0.2) is 36.9 Å². The molecule has 0 atom stereocenters. The molecule has 4 aromatic rings. The minimum Gasteiger partial charge on any atom is -0.368 e. The summed E-state index contributed by atoms with van der Waals surface area (Å²) in [6, 6.07) is 18.9. The molecule has 1 aliphatic carbocycles. The van der Waals surface area contributed by atoms with Crippen molar-refractivity contribution in [2.24, 2.45) is 0 Å². The second-order valence-electron chi connectivity index (χ2n) is 8.74. The molecule has 0 saturated carbocycles. The van der Waals surface area contributed by atoms with Gasteiger partial charge in [0.1, 0.15) is 5.82 Å². The molecular weight excluding hydrogens is 519 g/mol. The van der Waals surface area contributed by atoms with E-state index in [-0.39, 0.29) is 5.78 Å². The molecule has 0 spiro atoms. The number of halogens is 4. The van der Waals surface area contributed by atoms with Crippen LogP contribution in [0.2, 0.25) is 0 Å². The molecule has 4 nitrogen and oxygen atoms in total. The number of hydrogen-bond donors (Lipinski definition) is 0. The van der Waals surface area contributed by atoms with E-state index in [1.54, 1.807) is 6.07 Å². The molecule has 1 aromatic heterocycles. The van der Waals surface area contributed by atoms with E-state index in [0.29, 0.717) is 48.8 Å². The molecule has 2 aliphatic rings. The number of ketones is 1. The van der Waals surface area contributed by atoms with Crippen LogP contribution in [0.25, 0.3) is 22.0 Å². The predicted octanol–water partition coefficient (Wildman–Crippen LogP) is 6.55. The van der Waals surface area contributed by atoms with Crippen molar-refractivity contribution in [3.63, 3.8) is 0 Å². The minimum atomic E-state index is -4.38. The first-order valence-electron chi connectivity index (χ1n) is 11.3. The Labute approximate surface area is 208 Å². The maximum atomic E-state index is 13.5. The Morgan fingerprint density at radius 2 is 1.51 bits per heavy atom. The van der Waals surface area contributed by atoms with E-state index in [9.17, 15) is 18.0 Å². The van der Waals surface area contributed by atoms with E-state index < -0.39 is 11.7 Å². The molecule has 1 aliphatic heterocycles. The quantitative estimate of drug-likeness (QED) is 0.255. The Hall–Kier alpha value is -3.39. The summed E-state index contributed by atoms with van der Waals surface area (Å²) in [5.74, 6) is 0.597. The fourth-order valence-electron chi connectivity index (χ4n) is 5.04. The SMILES string of the molecule is O=C1c2ccccc2-c2c1c(N1CCN(c3cccc(C(F)(F)F)c3)CC1)nc1ccc(Br)cc21. The van der Waals surface area contributed by atoms with Gasteiger partial charge in [-0.2, -0.15) is 13.2 Å². The van der Waals surface area contributed by atoms with Crippen LogP contribution in [0.5, 0.6) is 0 Å². The van der Waals surface area contributed by atoms with Crippen LogP contribution >= 0.6 is 15.9 Å². The summed E-state index contributed by atoms with van der Waals surface area (Å²) in [5, 5.41) is 0.916. The number of pyridine rings is 1. The molecule has 6 rings (SSSR count). The average molecular weight is 538 g/mol. The minimum absolute atomic E-state index is 0.0414. The number of alkyl halides is 3. The van der Waals surface area contributed by atoms with Crippen molar-refractivity contribution in [1.82, 2.24) is 4.98 Å². The van der Waals surface area contributed by atoms with Gasteiger partial charge >= 0.3 is 6.18 Å². The van der Waals surface area contributed by atoms with E-state index in [2.05, 4.69) is 20.8 Å². The smallest absolute Gasteiger partial charge is 0.368 e. The highest BCUT2D eigenvalue weighted by Crippen LogP contribution is 2.45. The first-order chi connectivity index (χ1) is 16.8. The summed E-state index contributed by atoms with van der Waals surface area (Å²) >= 11 is 3.54. The van der Waals surface area contributed by atoms with E-state index in [1.807, 2.05) is 47.4 Å². The fourth-order valence-corrected chi connectivity index (χ4v) is 5.40. The third kappa shape index (κ3) is 3.67. The van der Waals surface area contributed by atoms with Gasteiger partial charge in [0, 0.05) is 52.9 Å². The number of hydrogen-bond acceptors (Lipinski definition) is 4. The van der Waals surface area contributed by atoms with Crippen molar-refractivity contribution in [2.45, 2.75) is 6.18 Å². The molecule has 2 heterocycles. The maximum absolute atomic E-state index is 13.5. The van der Waals surface area contributed by atoms with Crippen LogP contribution in [-0.2, 0) is 6.18 Å². The van der Waals surface area contributed by atoms with Crippen molar-refractivity contribution in [3.8, 4) is 11.1 Å². The van der Waals surface area contributed by atoms with Gasteiger partial charge < -0.3 is 9.80 Å². The van der Waals surface area contributed by atoms with Crippen molar-refractivity contribution in [1.29, 1.82) is 0 Å². The molecule has 176 valence electrons. The number of nitrogens with zero attached hydrogens (tertiary/aromatic N) is 3. The molecule has 0 unspecified atom stereocenters. The van der Waals surface area contributed by atoms with Crippen LogP contribution < -0.4 is 9.80 Å². The van der Waals surface area contributed by atoms with Gasteiger partial charge in [-0.15, -0.1) is 0 Å². The number of fused-ring (bicyclic) bond motifs is 5. The standard InChI is InChI=1S/C27H19BrF3N3O/c28-17-8-9-22-21(15-17)23-19-6-1-2-7-20(19)25(35)24(23)26(32-22)34-12-10-33(11-13-34)18-5-3-4-16(14-18)27(29,30)31/h1-9,14-15H,10-13H2. The van der Waals surface area contributed by atoms with Crippen LogP contribution in [0.4, 0.5) is 24.7 Å². The van der Waals surface area contributed by atoms with Crippen molar-refractivity contribution in [2.75, 3.05) is 36.0 Å². The number of anilines is 2. The summed E-state index contributed by atoms with van der Waals surface area (Å²) in [4.78, 5) is 22.4. The van der Waals surface area contributed by atoms with Crippen molar-refractivity contribution in [3.05, 3.63) is 87.9 Å². The van der Waals surface area contributed by atoms with Crippen LogP contribution in [0, 0.1) is 0 Å². The lowest BCUT2D eigenvalue weighted by Crippen LogP contribution is -2.47. The zero-order valence-electron chi connectivity index (χ0n) is 18.4. The lowest BCUT2D eigenvalue weighted by atomic mass is 10.0. The van der Waals surface area contributed by atoms with Crippen molar-refractivity contribution < 1.29 is 18.0 Å². The van der Waals surface area contributed by atoms with Gasteiger partial charge in [-0.3, -0.25) is 4.79 Å². The number of benzene rings is 3. The molecule has 1 fully saturated rings. The Kier molecular flexibility index (Phi) is 5.11. The zero-order chi connectivity index (χ0) is 24.3. The summed E-state index contributed by atoms with van der Waals surface area (Å²) < 4.78 is 40.4. The topological polar surface area (TPSA) is 36.4 Å². The van der Waals surface area contributed by atoms with E-state index in [1.165, 1.54) is 12.1 Å². The number of carbonyl (C=O) groups is 1. The normalized spacial score (nSPS) is 15.5. The van der Waals surface area contributed by atoms with Gasteiger partial charge in [0.2, 0.25) is 0 Å².